The molecule has 2 aromatic rings. The summed E-state index contributed by atoms with van der Waals surface area (Å²) < 4.78 is 0.245. The SMILES string of the molecule is Cc1ccc(/N=C2\SC(C)(C)CC\C2=C/Sc2cccc(C)c2)cc1. The van der Waals surface area contributed by atoms with Gasteiger partial charge in [-0.2, -0.15) is 0 Å². The van der Waals surface area contributed by atoms with Crippen molar-refractivity contribution in [2.45, 2.75) is 50.2 Å². The zero-order chi connectivity index (χ0) is 17.9. The van der Waals surface area contributed by atoms with Crippen LogP contribution in [0.5, 0.6) is 0 Å². The van der Waals surface area contributed by atoms with E-state index >= 15 is 0 Å². The minimum atomic E-state index is 0.245. The van der Waals surface area contributed by atoms with Gasteiger partial charge in [0.15, 0.2) is 0 Å². The lowest BCUT2D eigenvalue weighted by molar-refractivity contribution is 0.640. The molecule has 0 bridgehead atoms. The minimum absolute atomic E-state index is 0.245. The summed E-state index contributed by atoms with van der Waals surface area (Å²) in [5.74, 6) is 0. The highest BCUT2D eigenvalue weighted by atomic mass is 32.2. The summed E-state index contributed by atoms with van der Waals surface area (Å²) in [6.07, 6.45) is 2.27. The monoisotopic (exact) mass is 367 g/mol. The molecule has 1 nitrogen and oxygen atoms in total. The maximum absolute atomic E-state index is 4.96. The Bertz CT molecular complexity index is 801. The molecule has 0 spiro atoms. The molecule has 3 heteroatoms. The molecule has 0 radical (unpaired) electrons. The molecular weight excluding hydrogens is 342 g/mol. The summed E-state index contributed by atoms with van der Waals surface area (Å²) in [5.41, 5.74) is 4.97. The second-order valence-electron chi connectivity index (χ2n) is 7.19. The van der Waals surface area contributed by atoms with E-state index in [0.717, 1.165) is 12.1 Å². The second kappa shape index (κ2) is 7.84. The van der Waals surface area contributed by atoms with Crippen LogP contribution >= 0.6 is 23.5 Å². The Balaban J connectivity index is 1.87. The normalized spacial score (nSPS) is 20.2. The first kappa shape index (κ1) is 18.3. The fourth-order valence-electron chi connectivity index (χ4n) is 2.69. The molecule has 0 aromatic heterocycles. The molecule has 0 aliphatic carbocycles. The van der Waals surface area contributed by atoms with Crippen molar-refractivity contribution < 1.29 is 0 Å². The van der Waals surface area contributed by atoms with E-state index in [1.807, 2.05) is 11.8 Å². The smallest absolute Gasteiger partial charge is 0.101 e. The van der Waals surface area contributed by atoms with Gasteiger partial charge in [0.1, 0.15) is 5.04 Å². The minimum Gasteiger partial charge on any atom is -0.242 e. The highest BCUT2D eigenvalue weighted by molar-refractivity contribution is 8.15. The number of hydrogen-bond donors (Lipinski definition) is 0. The van der Waals surface area contributed by atoms with Gasteiger partial charge in [-0.15, -0.1) is 0 Å². The molecule has 0 N–H and O–H groups in total. The van der Waals surface area contributed by atoms with Crippen LogP contribution < -0.4 is 0 Å². The predicted molar refractivity (Wildman–Crippen MR) is 114 cm³/mol. The Hall–Kier alpha value is -1.45. The number of aliphatic imine (C=N–C) groups is 1. The van der Waals surface area contributed by atoms with Crippen molar-refractivity contribution in [1.82, 2.24) is 0 Å². The van der Waals surface area contributed by atoms with E-state index in [2.05, 4.69) is 81.6 Å². The van der Waals surface area contributed by atoms with Gasteiger partial charge in [-0.05, 0) is 61.9 Å². The van der Waals surface area contributed by atoms with Crippen molar-refractivity contribution in [3.63, 3.8) is 0 Å². The number of thioether (sulfide) groups is 2. The maximum atomic E-state index is 4.96. The first-order valence-corrected chi connectivity index (χ1v) is 10.4. The van der Waals surface area contributed by atoms with Gasteiger partial charge in [0.25, 0.3) is 0 Å². The molecule has 0 unspecified atom stereocenters. The largest absolute Gasteiger partial charge is 0.242 e. The Kier molecular flexibility index (Phi) is 5.75. The fourth-order valence-corrected chi connectivity index (χ4v) is 4.85. The number of nitrogens with zero attached hydrogens (tertiary/aromatic N) is 1. The Morgan fingerprint density at radius 3 is 2.52 bits per heavy atom. The van der Waals surface area contributed by atoms with Crippen molar-refractivity contribution in [3.8, 4) is 0 Å². The standard InChI is InChI=1S/C22H25NS2/c1-16-8-10-19(11-9-16)23-21-18(12-13-22(3,4)25-21)15-24-20-7-5-6-17(2)14-20/h5-11,14-15H,12-13H2,1-4H3/b18-15+,23-21-. The lowest BCUT2D eigenvalue weighted by Gasteiger charge is -2.31. The number of aryl methyl sites for hydroxylation is 2. The molecule has 1 fully saturated rings. The van der Waals surface area contributed by atoms with Gasteiger partial charge in [0, 0.05) is 9.64 Å². The van der Waals surface area contributed by atoms with E-state index in [-0.39, 0.29) is 4.75 Å². The molecule has 25 heavy (non-hydrogen) atoms. The van der Waals surface area contributed by atoms with E-state index in [1.165, 1.54) is 33.1 Å². The maximum Gasteiger partial charge on any atom is 0.101 e. The summed E-state index contributed by atoms with van der Waals surface area (Å²) in [5, 5.41) is 3.46. The van der Waals surface area contributed by atoms with Crippen LogP contribution in [-0.4, -0.2) is 9.79 Å². The van der Waals surface area contributed by atoms with Crippen LogP contribution in [0.4, 0.5) is 5.69 Å². The van der Waals surface area contributed by atoms with Crippen molar-refractivity contribution in [2.75, 3.05) is 0 Å². The summed E-state index contributed by atoms with van der Waals surface area (Å²) in [6, 6.07) is 17.1. The molecule has 2 aromatic carbocycles. The van der Waals surface area contributed by atoms with Crippen LogP contribution in [0, 0.1) is 13.8 Å². The van der Waals surface area contributed by atoms with Crippen LogP contribution in [-0.2, 0) is 0 Å². The molecule has 1 aliphatic rings. The zero-order valence-electron chi connectivity index (χ0n) is 15.4. The van der Waals surface area contributed by atoms with Crippen molar-refractivity contribution >= 4 is 34.3 Å². The number of hydrogen-bond acceptors (Lipinski definition) is 3. The topological polar surface area (TPSA) is 12.4 Å². The molecular formula is C22H25NS2. The Morgan fingerprint density at radius 2 is 1.80 bits per heavy atom. The third-order valence-electron chi connectivity index (χ3n) is 4.24. The lowest BCUT2D eigenvalue weighted by Crippen LogP contribution is -2.24. The molecule has 3 rings (SSSR count). The van der Waals surface area contributed by atoms with Crippen LogP contribution in [0.3, 0.4) is 0 Å². The van der Waals surface area contributed by atoms with Gasteiger partial charge in [-0.1, -0.05) is 72.8 Å². The zero-order valence-corrected chi connectivity index (χ0v) is 17.0. The van der Waals surface area contributed by atoms with Gasteiger partial charge in [0.05, 0.1) is 5.69 Å². The van der Waals surface area contributed by atoms with E-state index in [1.54, 1.807) is 11.8 Å². The number of rotatable bonds is 3. The second-order valence-corrected chi connectivity index (χ2v) is 9.83. The van der Waals surface area contributed by atoms with E-state index in [0.29, 0.717) is 0 Å². The van der Waals surface area contributed by atoms with Crippen molar-refractivity contribution in [1.29, 1.82) is 0 Å². The molecule has 130 valence electrons. The first-order chi connectivity index (χ1) is 11.9. The lowest BCUT2D eigenvalue weighted by atomic mass is 10.0. The summed E-state index contributed by atoms with van der Waals surface area (Å²) >= 11 is 3.70. The predicted octanol–water partition coefficient (Wildman–Crippen LogP) is 7.32. The highest BCUT2D eigenvalue weighted by Gasteiger charge is 2.29. The van der Waals surface area contributed by atoms with Gasteiger partial charge in [0.2, 0.25) is 0 Å². The van der Waals surface area contributed by atoms with Crippen LogP contribution in [0.15, 0.2) is 69.4 Å². The molecule has 0 atom stereocenters. The Morgan fingerprint density at radius 1 is 1.04 bits per heavy atom. The molecule has 0 saturated carbocycles. The third kappa shape index (κ3) is 5.26. The van der Waals surface area contributed by atoms with Gasteiger partial charge >= 0.3 is 0 Å². The molecule has 1 saturated heterocycles. The van der Waals surface area contributed by atoms with Gasteiger partial charge < -0.3 is 0 Å². The molecule has 1 heterocycles. The Labute approximate surface area is 160 Å². The van der Waals surface area contributed by atoms with Gasteiger partial charge in [-0.25, -0.2) is 4.99 Å². The molecule has 1 aliphatic heterocycles. The fraction of sp³-hybridized carbons (Fsp3) is 0.318. The summed E-state index contributed by atoms with van der Waals surface area (Å²) in [4.78, 5) is 6.25. The average molecular weight is 368 g/mol. The van der Waals surface area contributed by atoms with E-state index in [4.69, 9.17) is 4.99 Å². The van der Waals surface area contributed by atoms with E-state index < -0.39 is 0 Å². The van der Waals surface area contributed by atoms with Gasteiger partial charge in [-0.3, -0.25) is 0 Å². The molecule has 0 amide bonds. The first-order valence-electron chi connectivity index (χ1n) is 8.68. The summed E-state index contributed by atoms with van der Waals surface area (Å²) in [7, 11) is 0. The average Bonchev–Trinajstić information content (AvgIpc) is 2.56. The van der Waals surface area contributed by atoms with Crippen LogP contribution in [0.25, 0.3) is 0 Å². The van der Waals surface area contributed by atoms with E-state index in [9.17, 15) is 0 Å². The van der Waals surface area contributed by atoms with Crippen LogP contribution in [0.1, 0.15) is 37.8 Å². The van der Waals surface area contributed by atoms with Crippen molar-refractivity contribution in [2.24, 2.45) is 4.99 Å². The van der Waals surface area contributed by atoms with Crippen molar-refractivity contribution in [3.05, 3.63) is 70.6 Å². The third-order valence-corrected chi connectivity index (χ3v) is 6.47. The van der Waals surface area contributed by atoms with Crippen LogP contribution in [0.2, 0.25) is 0 Å². The highest BCUT2D eigenvalue weighted by Crippen LogP contribution is 2.42. The quantitative estimate of drug-likeness (QED) is 0.527. The number of benzene rings is 2. The summed E-state index contributed by atoms with van der Waals surface area (Å²) in [6.45, 7) is 8.87.